The zero-order chi connectivity index (χ0) is 21.1. The molecule has 3 rings (SSSR count). The largest absolute Gasteiger partial charge is 0.494 e. The summed E-state index contributed by atoms with van der Waals surface area (Å²) in [5.41, 5.74) is 0.550. The summed E-state index contributed by atoms with van der Waals surface area (Å²) in [6, 6.07) is 16.7. The van der Waals surface area contributed by atoms with Crippen LogP contribution < -0.4 is 14.2 Å². The van der Waals surface area contributed by atoms with Crippen molar-refractivity contribution in [3.63, 3.8) is 0 Å². The van der Waals surface area contributed by atoms with E-state index in [0.29, 0.717) is 5.69 Å². The van der Waals surface area contributed by atoms with Gasteiger partial charge in [-0.15, -0.1) is 0 Å². The summed E-state index contributed by atoms with van der Waals surface area (Å²) < 4.78 is 72.8. The third kappa shape index (κ3) is 4.84. The lowest BCUT2D eigenvalue weighted by molar-refractivity contribution is 0.385. The molecule has 152 valence electrons. The maximum absolute atomic E-state index is 13.5. The first-order chi connectivity index (χ1) is 13.7. The van der Waals surface area contributed by atoms with Crippen molar-refractivity contribution in [1.82, 2.24) is 0 Å². The minimum absolute atomic E-state index is 0.0345. The van der Waals surface area contributed by atoms with Gasteiger partial charge in [0.25, 0.3) is 20.0 Å². The molecule has 0 heterocycles. The number of benzene rings is 3. The second-order valence-corrected chi connectivity index (χ2v) is 9.26. The number of para-hydroxylation sites is 1. The number of methoxy groups -OCH3 is 1. The predicted molar refractivity (Wildman–Crippen MR) is 107 cm³/mol. The van der Waals surface area contributed by atoms with E-state index in [4.69, 9.17) is 4.74 Å². The van der Waals surface area contributed by atoms with Crippen molar-refractivity contribution in [1.29, 1.82) is 0 Å². The quantitative estimate of drug-likeness (QED) is 0.591. The van der Waals surface area contributed by atoms with Crippen molar-refractivity contribution in [2.45, 2.75) is 9.79 Å². The Bertz CT molecular complexity index is 1210. The summed E-state index contributed by atoms with van der Waals surface area (Å²) in [5.74, 6) is -0.895. The van der Waals surface area contributed by atoms with Crippen LogP contribution in [0, 0.1) is 5.82 Å². The van der Waals surface area contributed by atoms with Crippen LogP contribution in [0.15, 0.2) is 82.6 Å². The first-order valence-electron chi connectivity index (χ1n) is 8.25. The van der Waals surface area contributed by atoms with Gasteiger partial charge >= 0.3 is 0 Å². The number of hydrogen-bond donors (Lipinski definition) is 2. The van der Waals surface area contributed by atoms with Gasteiger partial charge in [0.05, 0.1) is 16.9 Å². The van der Waals surface area contributed by atoms with Crippen LogP contribution in [0.3, 0.4) is 0 Å². The average Bonchev–Trinajstić information content (AvgIpc) is 2.68. The highest BCUT2D eigenvalue weighted by Gasteiger charge is 2.18. The molecular weight excluding hydrogens is 419 g/mol. The third-order valence-electron chi connectivity index (χ3n) is 3.88. The number of anilines is 2. The molecule has 0 amide bonds. The molecule has 29 heavy (non-hydrogen) atoms. The van der Waals surface area contributed by atoms with Gasteiger partial charge in [0.15, 0.2) is 11.6 Å². The van der Waals surface area contributed by atoms with E-state index in [-0.39, 0.29) is 21.2 Å². The first kappa shape index (κ1) is 20.6. The van der Waals surface area contributed by atoms with E-state index < -0.39 is 25.9 Å². The Morgan fingerprint density at radius 3 is 1.83 bits per heavy atom. The minimum atomic E-state index is -4.02. The number of hydrogen-bond acceptors (Lipinski definition) is 5. The molecule has 0 saturated carbocycles. The molecule has 7 nitrogen and oxygen atoms in total. The van der Waals surface area contributed by atoms with Crippen molar-refractivity contribution < 1.29 is 26.0 Å². The Balaban J connectivity index is 1.80. The maximum Gasteiger partial charge on any atom is 0.262 e. The van der Waals surface area contributed by atoms with Gasteiger partial charge in [-0.25, -0.2) is 21.2 Å². The molecular formula is C19H17FN2O5S2. The van der Waals surface area contributed by atoms with Gasteiger partial charge in [0.1, 0.15) is 0 Å². The fraction of sp³-hybridized carbons (Fsp3) is 0.0526. The van der Waals surface area contributed by atoms with E-state index in [1.807, 2.05) is 0 Å². The normalized spacial score (nSPS) is 11.7. The number of rotatable bonds is 7. The highest BCUT2D eigenvalue weighted by molar-refractivity contribution is 7.93. The molecule has 3 aromatic rings. The standard InChI is InChI=1S/C19H17FN2O5S2/c1-27-19-13-17(11-12-18(19)20)29(25,26)22-15-7-9-16(10-8-15)28(23,24)21-14-5-3-2-4-6-14/h2-13,21-22H,1H3. The van der Waals surface area contributed by atoms with E-state index in [9.17, 15) is 21.2 Å². The molecule has 0 aromatic heterocycles. The van der Waals surface area contributed by atoms with E-state index in [1.165, 1.54) is 31.4 Å². The molecule has 0 aliphatic carbocycles. The smallest absolute Gasteiger partial charge is 0.262 e. The fourth-order valence-corrected chi connectivity index (χ4v) is 4.58. The zero-order valence-electron chi connectivity index (χ0n) is 15.2. The van der Waals surface area contributed by atoms with Gasteiger partial charge in [-0.2, -0.15) is 0 Å². The molecule has 0 unspecified atom stereocenters. The molecule has 0 spiro atoms. The summed E-state index contributed by atoms with van der Waals surface area (Å²) in [6.45, 7) is 0. The molecule has 2 N–H and O–H groups in total. The molecule has 0 atom stereocenters. The van der Waals surface area contributed by atoms with Crippen molar-refractivity contribution in [3.8, 4) is 5.75 Å². The van der Waals surface area contributed by atoms with Gasteiger partial charge in [0.2, 0.25) is 0 Å². The summed E-state index contributed by atoms with van der Waals surface area (Å²) in [5, 5.41) is 0. The number of nitrogens with one attached hydrogen (secondary N) is 2. The highest BCUT2D eigenvalue weighted by Crippen LogP contribution is 2.24. The van der Waals surface area contributed by atoms with E-state index in [2.05, 4.69) is 9.44 Å². The molecule has 0 saturated heterocycles. The van der Waals surface area contributed by atoms with Crippen molar-refractivity contribution >= 4 is 31.4 Å². The van der Waals surface area contributed by atoms with Gasteiger partial charge in [-0.1, -0.05) is 18.2 Å². The third-order valence-corrected chi connectivity index (χ3v) is 6.65. The minimum Gasteiger partial charge on any atom is -0.494 e. The summed E-state index contributed by atoms with van der Waals surface area (Å²) in [7, 11) is -6.62. The monoisotopic (exact) mass is 436 g/mol. The maximum atomic E-state index is 13.5. The van der Waals surface area contributed by atoms with E-state index in [0.717, 1.165) is 18.2 Å². The molecule has 0 bridgehead atoms. The van der Waals surface area contributed by atoms with Crippen LogP contribution in [0.4, 0.5) is 15.8 Å². The van der Waals surface area contributed by atoms with Crippen LogP contribution in [-0.2, 0) is 20.0 Å². The Morgan fingerprint density at radius 2 is 1.24 bits per heavy atom. The fourth-order valence-electron chi connectivity index (χ4n) is 2.44. The lowest BCUT2D eigenvalue weighted by atomic mass is 10.3. The number of halogens is 1. The topological polar surface area (TPSA) is 102 Å². The van der Waals surface area contributed by atoms with E-state index in [1.54, 1.807) is 30.3 Å². The number of ether oxygens (including phenoxy) is 1. The second-order valence-electron chi connectivity index (χ2n) is 5.90. The molecule has 0 aliphatic heterocycles. The van der Waals surface area contributed by atoms with Crippen LogP contribution in [0.5, 0.6) is 5.75 Å². The van der Waals surface area contributed by atoms with E-state index >= 15 is 0 Å². The molecule has 0 aliphatic rings. The summed E-state index contributed by atoms with van der Waals surface area (Å²) in [4.78, 5) is -0.231. The van der Waals surface area contributed by atoms with Gasteiger partial charge in [-0.05, 0) is 48.5 Å². The molecule has 10 heteroatoms. The summed E-state index contributed by atoms with van der Waals surface area (Å²) in [6.07, 6.45) is 0. The SMILES string of the molecule is COc1cc(S(=O)(=O)Nc2ccc(S(=O)(=O)Nc3ccccc3)cc2)ccc1F. The zero-order valence-corrected chi connectivity index (χ0v) is 16.8. The van der Waals surface area contributed by atoms with Crippen LogP contribution in [0.25, 0.3) is 0 Å². The Hall–Kier alpha value is -3.11. The lowest BCUT2D eigenvalue weighted by Gasteiger charge is -2.11. The predicted octanol–water partition coefficient (Wildman–Crippen LogP) is 3.44. The summed E-state index contributed by atoms with van der Waals surface area (Å²) >= 11 is 0. The Kier molecular flexibility index (Phi) is 5.76. The second kappa shape index (κ2) is 8.10. The molecule has 0 radical (unpaired) electrons. The molecule has 3 aromatic carbocycles. The van der Waals surface area contributed by atoms with Crippen LogP contribution in [0.2, 0.25) is 0 Å². The van der Waals surface area contributed by atoms with Gasteiger partial charge < -0.3 is 4.74 Å². The van der Waals surface area contributed by atoms with Crippen LogP contribution in [-0.4, -0.2) is 23.9 Å². The Labute approximate surface area is 168 Å². The van der Waals surface area contributed by atoms with Crippen LogP contribution in [0.1, 0.15) is 0 Å². The van der Waals surface area contributed by atoms with Crippen molar-refractivity contribution in [3.05, 3.63) is 78.6 Å². The lowest BCUT2D eigenvalue weighted by Crippen LogP contribution is -2.14. The highest BCUT2D eigenvalue weighted by atomic mass is 32.2. The van der Waals surface area contributed by atoms with Crippen molar-refractivity contribution in [2.75, 3.05) is 16.6 Å². The van der Waals surface area contributed by atoms with Gasteiger partial charge in [0, 0.05) is 17.4 Å². The Morgan fingerprint density at radius 1 is 0.724 bits per heavy atom. The van der Waals surface area contributed by atoms with Crippen molar-refractivity contribution in [2.24, 2.45) is 0 Å². The average molecular weight is 436 g/mol. The first-order valence-corrected chi connectivity index (χ1v) is 11.2. The van der Waals surface area contributed by atoms with Crippen LogP contribution >= 0.6 is 0 Å². The molecule has 0 fully saturated rings. The number of sulfonamides is 2. The van der Waals surface area contributed by atoms with Gasteiger partial charge in [-0.3, -0.25) is 9.44 Å².